The first-order valence-electron chi connectivity index (χ1n) is 9.43. The van der Waals surface area contributed by atoms with E-state index in [-0.39, 0.29) is 35.5 Å². The van der Waals surface area contributed by atoms with Gasteiger partial charge in [0, 0.05) is 19.2 Å². The number of imide groups is 1. The van der Waals surface area contributed by atoms with E-state index >= 15 is 0 Å². The van der Waals surface area contributed by atoms with Gasteiger partial charge < -0.3 is 15.4 Å². The molecule has 0 unspecified atom stereocenters. The predicted octanol–water partition coefficient (Wildman–Crippen LogP) is 3.26. The van der Waals surface area contributed by atoms with Crippen molar-refractivity contribution < 1.29 is 19.1 Å². The van der Waals surface area contributed by atoms with Gasteiger partial charge in [0.15, 0.2) is 0 Å². The van der Waals surface area contributed by atoms with Crippen LogP contribution in [0.2, 0.25) is 0 Å². The summed E-state index contributed by atoms with van der Waals surface area (Å²) in [6, 6.07) is 14.1. The van der Waals surface area contributed by atoms with Gasteiger partial charge in [0.05, 0.1) is 17.9 Å². The third-order valence-electron chi connectivity index (χ3n) is 4.42. The maximum absolute atomic E-state index is 12.9. The van der Waals surface area contributed by atoms with Crippen molar-refractivity contribution in [1.29, 1.82) is 0 Å². The van der Waals surface area contributed by atoms with E-state index < -0.39 is 0 Å². The highest BCUT2D eigenvalue weighted by Gasteiger charge is 2.38. The van der Waals surface area contributed by atoms with Crippen molar-refractivity contribution in [2.24, 2.45) is 0 Å². The average molecular weight is 393 g/mol. The van der Waals surface area contributed by atoms with Crippen molar-refractivity contribution in [3.63, 3.8) is 0 Å². The standard InChI is InChI=1S/C22H23N3O4/c1-4-25-21(27)19(15-10-12-16(13-11-15)23-14(3)26)20(22(25)28)24-17-8-6-7-9-18(17)29-5-2/h6-13,24H,4-5H2,1-3H3,(H,23,26). The molecule has 0 saturated heterocycles. The summed E-state index contributed by atoms with van der Waals surface area (Å²) < 4.78 is 5.62. The molecule has 2 aromatic carbocycles. The van der Waals surface area contributed by atoms with Gasteiger partial charge in [-0.15, -0.1) is 0 Å². The van der Waals surface area contributed by atoms with Crippen LogP contribution < -0.4 is 15.4 Å². The average Bonchev–Trinajstić information content (AvgIpc) is 2.93. The fourth-order valence-electron chi connectivity index (χ4n) is 3.16. The number of hydrogen-bond acceptors (Lipinski definition) is 5. The zero-order valence-corrected chi connectivity index (χ0v) is 16.6. The highest BCUT2D eigenvalue weighted by Crippen LogP contribution is 2.33. The van der Waals surface area contributed by atoms with E-state index in [0.717, 1.165) is 0 Å². The number of benzene rings is 2. The minimum absolute atomic E-state index is 0.184. The highest BCUT2D eigenvalue weighted by molar-refractivity contribution is 6.36. The predicted molar refractivity (Wildman–Crippen MR) is 111 cm³/mol. The Bertz CT molecular complexity index is 980. The third kappa shape index (κ3) is 4.13. The molecule has 7 nitrogen and oxygen atoms in total. The Hall–Kier alpha value is -3.61. The molecule has 29 heavy (non-hydrogen) atoms. The minimum atomic E-state index is -0.385. The zero-order chi connectivity index (χ0) is 21.0. The Morgan fingerprint density at radius 2 is 1.69 bits per heavy atom. The number of para-hydroxylation sites is 2. The molecule has 0 radical (unpaired) electrons. The van der Waals surface area contributed by atoms with Crippen LogP contribution in [0, 0.1) is 0 Å². The number of anilines is 2. The van der Waals surface area contributed by atoms with E-state index in [9.17, 15) is 14.4 Å². The third-order valence-corrected chi connectivity index (χ3v) is 4.42. The summed E-state index contributed by atoms with van der Waals surface area (Å²) in [5.41, 5.74) is 2.30. The summed E-state index contributed by atoms with van der Waals surface area (Å²) in [7, 11) is 0. The van der Waals surface area contributed by atoms with Crippen molar-refractivity contribution in [2.45, 2.75) is 20.8 Å². The van der Waals surface area contributed by atoms with E-state index in [1.807, 2.05) is 19.1 Å². The second-order valence-corrected chi connectivity index (χ2v) is 6.42. The van der Waals surface area contributed by atoms with Gasteiger partial charge in [0.25, 0.3) is 11.8 Å². The van der Waals surface area contributed by atoms with Gasteiger partial charge in [-0.1, -0.05) is 24.3 Å². The summed E-state index contributed by atoms with van der Waals surface area (Å²) in [4.78, 5) is 38.3. The molecule has 3 amide bonds. The Balaban J connectivity index is 2.04. The molecule has 0 aromatic heterocycles. The smallest absolute Gasteiger partial charge is 0.278 e. The number of hydrogen-bond donors (Lipinski definition) is 2. The quantitative estimate of drug-likeness (QED) is 0.705. The Labute approximate surface area is 169 Å². The van der Waals surface area contributed by atoms with Gasteiger partial charge >= 0.3 is 0 Å². The van der Waals surface area contributed by atoms with Crippen molar-refractivity contribution in [3.05, 3.63) is 59.8 Å². The molecular weight excluding hydrogens is 370 g/mol. The second-order valence-electron chi connectivity index (χ2n) is 6.42. The molecule has 3 rings (SSSR count). The fraction of sp³-hybridized carbons (Fsp3) is 0.227. The van der Waals surface area contributed by atoms with Gasteiger partial charge in [-0.2, -0.15) is 0 Å². The van der Waals surface area contributed by atoms with E-state index in [2.05, 4.69) is 10.6 Å². The lowest BCUT2D eigenvalue weighted by molar-refractivity contribution is -0.136. The molecule has 0 bridgehead atoms. The van der Waals surface area contributed by atoms with Gasteiger partial charge in [-0.05, 0) is 43.7 Å². The van der Waals surface area contributed by atoms with E-state index in [4.69, 9.17) is 4.74 Å². The van der Waals surface area contributed by atoms with Crippen LogP contribution in [0.15, 0.2) is 54.2 Å². The molecule has 150 valence electrons. The number of likely N-dealkylation sites (N-methyl/N-ethyl adjacent to an activating group) is 1. The number of nitrogens with zero attached hydrogens (tertiary/aromatic N) is 1. The van der Waals surface area contributed by atoms with Crippen molar-refractivity contribution in [1.82, 2.24) is 4.90 Å². The van der Waals surface area contributed by atoms with E-state index in [1.165, 1.54) is 11.8 Å². The zero-order valence-electron chi connectivity index (χ0n) is 16.6. The van der Waals surface area contributed by atoms with Crippen LogP contribution in [0.3, 0.4) is 0 Å². The summed E-state index contributed by atoms with van der Waals surface area (Å²) in [5, 5.41) is 5.79. The number of ether oxygens (including phenoxy) is 1. The number of carbonyl (C=O) groups excluding carboxylic acids is 3. The molecule has 0 spiro atoms. The summed E-state index contributed by atoms with van der Waals surface area (Å²) in [6.07, 6.45) is 0. The maximum atomic E-state index is 12.9. The number of rotatable bonds is 7. The molecule has 1 aliphatic heterocycles. The molecule has 0 aliphatic carbocycles. The van der Waals surface area contributed by atoms with E-state index in [0.29, 0.717) is 29.3 Å². The van der Waals surface area contributed by atoms with Crippen LogP contribution in [0.25, 0.3) is 5.57 Å². The lowest BCUT2D eigenvalue weighted by atomic mass is 10.0. The van der Waals surface area contributed by atoms with Crippen molar-refractivity contribution >= 4 is 34.7 Å². The van der Waals surface area contributed by atoms with Crippen LogP contribution in [-0.2, 0) is 14.4 Å². The van der Waals surface area contributed by atoms with Gasteiger partial charge in [-0.25, -0.2) is 0 Å². The minimum Gasteiger partial charge on any atom is -0.492 e. The van der Waals surface area contributed by atoms with Crippen LogP contribution in [-0.4, -0.2) is 35.8 Å². The first-order chi connectivity index (χ1) is 14.0. The van der Waals surface area contributed by atoms with Gasteiger partial charge in [0.1, 0.15) is 11.4 Å². The lowest BCUT2D eigenvalue weighted by Crippen LogP contribution is -2.32. The van der Waals surface area contributed by atoms with Crippen LogP contribution in [0.5, 0.6) is 5.75 Å². The van der Waals surface area contributed by atoms with Gasteiger partial charge in [0.2, 0.25) is 5.91 Å². The Kier molecular flexibility index (Phi) is 5.97. The first-order valence-corrected chi connectivity index (χ1v) is 9.43. The van der Waals surface area contributed by atoms with E-state index in [1.54, 1.807) is 43.3 Å². The summed E-state index contributed by atoms with van der Waals surface area (Å²) in [5.74, 6) is -0.333. The Morgan fingerprint density at radius 3 is 2.31 bits per heavy atom. The molecular formula is C22H23N3O4. The van der Waals surface area contributed by atoms with Crippen molar-refractivity contribution in [2.75, 3.05) is 23.8 Å². The number of nitrogens with one attached hydrogen (secondary N) is 2. The summed E-state index contributed by atoms with van der Waals surface area (Å²) in [6.45, 7) is 5.80. The molecule has 0 saturated carbocycles. The molecule has 1 heterocycles. The fourth-order valence-corrected chi connectivity index (χ4v) is 3.16. The molecule has 2 aromatic rings. The number of carbonyl (C=O) groups is 3. The summed E-state index contributed by atoms with van der Waals surface area (Å²) >= 11 is 0. The Morgan fingerprint density at radius 1 is 1.00 bits per heavy atom. The van der Waals surface area contributed by atoms with Crippen LogP contribution in [0.1, 0.15) is 26.3 Å². The van der Waals surface area contributed by atoms with Crippen LogP contribution >= 0.6 is 0 Å². The number of amides is 3. The molecule has 0 fully saturated rings. The molecule has 7 heteroatoms. The molecule has 0 atom stereocenters. The normalized spacial score (nSPS) is 13.7. The maximum Gasteiger partial charge on any atom is 0.278 e. The lowest BCUT2D eigenvalue weighted by Gasteiger charge is -2.14. The second kappa shape index (κ2) is 8.60. The monoisotopic (exact) mass is 393 g/mol. The van der Waals surface area contributed by atoms with Crippen molar-refractivity contribution in [3.8, 4) is 5.75 Å². The van der Waals surface area contributed by atoms with Gasteiger partial charge in [-0.3, -0.25) is 19.3 Å². The highest BCUT2D eigenvalue weighted by atomic mass is 16.5. The molecule has 2 N–H and O–H groups in total. The topological polar surface area (TPSA) is 87.7 Å². The first kappa shape index (κ1) is 20.1. The SMILES string of the molecule is CCOc1ccccc1NC1=C(c2ccc(NC(C)=O)cc2)C(=O)N(CC)C1=O. The van der Waals surface area contributed by atoms with Crippen LogP contribution in [0.4, 0.5) is 11.4 Å². The largest absolute Gasteiger partial charge is 0.492 e. The molecule has 1 aliphatic rings.